The predicted molar refractivity (Wildman–Crippen MR) is 54.9 cm³/mol. The van der Waals surface area contributed by atoms with Crippen LogP contribution < -0.4 is 0 Å². The highest BCUT2D eigenvalue weighted by Crippen LogP contribution is 2.19. The van der Waals surface area contributed by atoms with Gasteiger partial charge >= 0.3 is 0 Å². The summed E-state index contributed by atoms with van der Waals surface area (Å²) in [5, 5.41) is 18.0. The molecule has 0 radical (unpaired) electrons. The maximum Gasteiger partial charge on any atom is 0.237 e. The van der Waals surface area contributed by atoms with Crippen LogP contribution in [0.2, 0.25) is 0 Å². The van der Waals surface area contributed by atoms with Crippen LogP contribution >= 0.6 is 0 Å². The number of amides is 1. The molecule has 1 aliphatic heterocycles. The maximum atomic E-state index is 11.6. The summed E-state index contributed by atoms with van der Waals surface area (Å²) in [6.07, 6.45) is 0.0593. The van der Waals surface area contributed by atoms with Gasteiger partial charge in [0.2, 0.25) is 5.91 Å². The Balaban J connectivity index is 2.60. The van der Waals surface area contributed by atoms with E-state index in [1.54, 1.807) is 4.90 Å². The van der Waals surface area contributed by atoms with Crippen LogP contribution in [0.4, 0.5) is 0 Å². The first-order chi connectivity index (χ1) is 7.04. The Hall–Kier alpha value is -1.12. The van der Waals surface area contributed by atoms with Gasteiger partial charge in [0.05, 0.1) is 12.2 Å². The number of β-amino-alcohol motifs (C(OH)–C–C–N with tert-alkyl or cyclic N) is 1. The number of likely N-dealkylation sites (N-methyl/N-ethyl adjacent to an activating group) is 1. The second-order valence-electron chi connectivity index (χ2n) is 4.19. The molecule has 2 atom stereocenters. The number of carbonyl (C=O) groups excluding carboxylic acids is 1. The highest BCUT2D eigenvalue weighted by molar-refractivity contribution is 5.79. The van der Waals surface area contributed by atoms with Crippen LogP contribution in [-0.2, 0) is 4.79 Å². The average Bonchev–Trinajstić information content (AvgIpc) is 2.46. The van der Waals surface area contributed by atoms with Gasteiger partial charge in [-0.05, 0) is 20.5 Å². The number of aliphatic hydroxyl groups excluding tert-OH is 1. The molecule has 1 amide bonds. The van der Waals surface area contributed by atoms with Gasteiger partial charge in [-0.1, -0.05) is 0 Å². The first kappa shape index (κ1) is 12.0. The summed E-state index contributed by atoms with van der Waals surface area (Å²) in [5.41, 5.74) is 0. The van der Waals surface area contributed by atoms with Gasteiger partial charge in [0.15, 0.2) is 0 Å². The number of aliphatic hydroxyl groups is 1. The van der Waals surface area contributed by atoms with Gasteiger partial charge < -0.3 is 14.9 Å². The molecule has 1 rings (SSSR count). The molecule has 1 heterocycles. The van der Waals surface area contributed by atoms with Crippen molar-refractivity contribution >= 4 is 5.91 Å². The summed E-state index contributed by atoms with van der Waals surface area (Å²) >= 11 is 0. The molecule has 0 aromatic carbocycles. The van der Waals surface area contributed by atoms with Gasteiger partial charge in [-0.25, -0.2) is 0 Å². The molecule has 0 bridgehead atoms. The summed E-state index contributed by atoms with van der Waals surface area (Å²) < 4.78 is 0. The maximum absolute atomic E-state index is 11.6. The van der Waals surface area contributed by atoms with Crippen molar-refractivity contribution in [3.63, 3.8) is 0 Å². The fraction of sp³-hybridized carbons (Fsp3) is 0.800. The Kier molecular flexibility index (Phi) is 4.06. The zero-order valence-corrected chi connectivity index (χ0v) is 9.18. The Labute approximate surface area is 89.9 Å². The lowest BCUT2D eigenvalue weighted by Gasteiger charge is -2.26. The fourth-order valence-corrected chi connectivity index (χ4v) is 1.96. The van der Waals surface area contributed by atoms with E-state index in [9.17, 15) is 9.90 Å². The third-order valence-corrected chi connectivity index (χ3v) is 2.52. The Morgan fingerprint density at radius 1 is 1.67 bits per heavy atom. The molecule has 15 heavy (non-hydrogen) atoms. The number of nitriles is 1. The molecule has 1 saturated heterocycles. The molecule has 2 unspecified atom stereocenters. The van der Waals surface area contributed by atoms with Crippen molar-refractivity contribution in [2.75, 3.05) is 27.2 Å². The molecule has 1 aliphatic rings. The second kappa shape index (κ2) is 5.10. The van der Waals surface area contributed by atoms with Gasteiger partial charge in [0, 0.05) is 19.1 Å². The third kappa shape index (κ3) is 3.18. The first-order valence-corrected chi connectivity index (χ1v) is 5.03. The molecule has 5 nitrogen and oxygen atoms in total. The van der Waals surface area contributed by atoms with Gasteiger partial charge in [0.25, 0.3) is 0 Å². The van der Waals surface area contributed by atoms with Crippen molar-refractivity contribution in [2.45, 2.75) is 25.0 Å². The van der Waals surface area contributed by atoms with E-state index in [2.05, 4.69) is 0 Å². The molecule has 0 aromatic rings. The largest absolute Gasteiger partial charge is 0.391 e. The molecule has 0 spiro atoms. The van der Waals surface area contributed by atoms with E-state index >= 15 is 0 Å². The minimum absolute atomic E-state index is 0.0378. The van der Waals surface area contributed by atoms with E-state index in [1.807, 2.05) is 25.1 Å². The fourth-order valence-electron chi connectivity index (χ4n) is 1.96. The average molecular weight is 211 g/mol. The summed E-state index contributed by atoms with van der Waals surface area (Å²) in [5.74, 6) is -0.180. The van der Waals surface area contributed by atoms with E-state index < -0.39 is 6.10 Å². The quantitative estimate of drug-likeness (QED) is 0.678. The molecule has 0 aromatic heterocycles. The first-order valence-electron chi connectivity index (χ1n) is 5.03. The van der Waals surface area contributed by atoms with Crippen LogP contribution in [-0.4, -0.2) is 60.1 Å². The summed E-state index contributed by atoms with van der Waals surface area (Å²) in [4.78, 5) is 15.2. The predicted octanol–water partition coefficient (Wildman–Crippen LogP) is -0.577. The van der Waals surface area contributed by atoms with Crippen LogP contribution in [0.3, 0.4) is 0 Å². The van der Waals surface area contributed by atoms with Crippen molar-refractivity contribution < 1.29 is 9.90 Å². The van der Waals surface area contributed by atoms with Crippen LogP contribution in [0.5, 0.6) is 0 Å². The monoisotopic (exact) mass is 211 g/mol. The SMILES string of the molecule is CN(C)CC1CC(O)CN1C(=O)CC#N. The van der Waals surface area contributed by atoms with Crippen molar-refractivity contribution in [3.8, 4) is 6.07 Å². The second-order valence-corrected chi connectivity index (χ2v) is 4.19. The third-order valence-electron chi connectivity index (χ3n) is 2.52. The number of carbonyl (C=O) groups is 1. The zero-order chi connectivity index (χ0) is 11.4. The number of hydrogen-bond donors (Lipinski definition) is 1. The van der Waals surface area contributed by atoms with Crippen LogP contribution in [0.15, 0.2) is 0 Å². The van der Waals surface area contributed by atoms with Gasteiger partial charge in [-0.15, -0.1) is 0 Å². The molecule has 84 valence electrons. The molecule has 1 fully saturated rings. The summed E-state index contributed by atoms with van der Waals surface area (Å²) in [7, 11) is 3.86. The van der Waals surface area contributed by atoms with Crippen LogP contribution in [0.1, 0.15) is 12.8 Å². The minimum Gasteiger partial charge on any atom is -0.391 e. The lowest BCUT2D eigenvalue weighted by Crippen LogP contribution is -2.41. The van der Waals surface area contributed by atoms with Crippen molar-refractivity contribution in [1.82, 2.24) is 9.80 Å². The van der Waals surface area contributed by atoms with E-state index in [0.29, 0.717) is 13.0 Å². The van der Waals surface area contributed by atoms with Crippen molar-refractivity contribution in [3.05, 3.63) is 0 Å². The van der Waals surface area contributed by atoms with Crippen LogP contribution in [0, 0.1) is 11.3 Å². The highest BCUT2D eigenvalue weighted by atomic mass is 16.3. The zero-order valence-electron chi connectivity index (χ0n) is 9.18. The highest BCUT2D eigenvalue weighted by Gasteiger charge is 2.33. The molecule has 1 N–H and O–H groups in total. The normalized spacial score (nSPS) is 25.7. The van der Waals surface area contributed by atoms with Gasteiger partial charge in [-0.2, -0.15) is 5.26 Å². The van der Waals surface area contributed by atoms with Gasteiger partial charge in [0.1, 0.15) is 6.42 Å². The lowest BCUT2D eigenvalue weighted by atomic mass is 10.2. The van der Waals surface area contributed by atoms with E-state index in [0.717, 1.165) is 6.54 Å². The molecule has 0 aliphatic carbocycles. The van der Waals surface area contributed by atoms with E-state index in [-0.39, 0.29) is 18.4 Å². The molecule has 0 saturated carbocycles. The minimum atomic E-state index is -0.447. The van der Waals surface area contributed by atoms with Crippen molar-refractivity contribution in [1.29, 1.82) is 5.26 Å². The lowest BCUT2D eigenvalue weighted by molar-refractivity contribution is -0.131. The number of nitrogens with zero attached hydrogens (tertiary/aromatic N) is 3. The number of likely N-dealkylation sites (tertiary alicyclic amines) is 1. The van der Waals surface area contributed by atoms with Crippen LogP contribution in [0.25, 0.3) is 0 Å². The topological polar surface area (TPSA) is 67.6 Å². The van der Waals surface area contributed by atoms with Gasteiger partial charge in [-0.3, -0.25) is 4.79 Å². The molecular formula is C10H17N3O2. The Morgan fingerprint density at radius 3 is 2.87 bits per heavy atom. The van der Waals surface area contributed by atoms with E-state index in [1.165, 1.54) is 0 Å². The van der Waals surface area contributed by atoms with Crippen molar-refractivity contribution in [2.24, 2.45) is 0 Å². The smallest absolute Gasteiger partial charge is 0.237 e. The Morgan fingerprint density at radius 2 is 2.33 bits per heavy atom. The van der Waals surface area contributed by atoms with E-state index in [4.69, 9.17) is 5.26 Å². The summed E-state index contributed by atoms with van der Waals surface area (Å²) in [6, 6.07) is 1.88. The number of rotatable bonds is 3. The molecule has 5 heteroatoms. The number of hydrogen-bond acceptors (Lipinski definition) is 4. The standard InChI is InChI=1S/C10H17N3O2/c1-12(2)6-8-5-9(14)7-13(8)10(15)3-4-11/h8-9,14H,3,5-7H2,1-2H3. The Bertz CT molecular complexity index is 272. The molecular weight excluding hydrogens is 194 g/mol. The summed E-state index contributed by atoms with van der Waals surface area (Å²) in [6.45, 7) is 1.09.